The number of halogens is 1. The Kier molecular flexibility index (Phi) is 3.62. The number of ketones is 1. The SMILES string of the molecule is Cc1ccc(Cl)c2c1NC(=O)[C@@]2(O)CC(=O)c1ccccc1O. The molecular weight excluding hydrogens is 318 g/mol. The number of hydrogen-bond donors (Lipinski definition) is 3. The van der Waals surface area contributed by atoms with Crippen LogP contribution in [0.15, 0.2) is 36.4 Å². The minimum absolute atomic E-state index is 0.0472. The van der Waals surface area contributed by atoms with Gasteiger partial charge in [-0.3, -0.25) is 9.59 Å². The molecule has 0 saturated heterocycles. The lowest BCUT2D eigenvalue weighted by Crippen LogP contribution is -2.36. The maximum Gasteiger partial charge on any atom is 0.261 e. The van der Waals surface area contributed by atoms with E-state index in [0.29, 0.717) is 5.69 Å². The summed E-state index contributed by atoms with van der Waals surface area (Å²) in [6, 6.07) is 9.28. The molecule has 1 atom stereocenters. The fraction of sp³-hybridized carbons (Fsp3) is 0.176. The lowest BCUT2D eigenvalue weighted by molar-refractivity contribution is -0.133. The van der Waals surface area contributed by atoms with Gasteiger partial charge in [0.25, 0.3) is 5.91 Å². The van der Waals surface area contributed by atoms with Crippen molar-refractivity contribution in [2.24, 2.45) is 0 Å². The van der Waals surface area contributed by atoms with Crippen molar-refractivity contribution in [1.82, 2.24) is 0 Å². The molecule has 2 aromatic carbocycles. The molecule has 1 aliphatic rings. The number of carbonyl (C=O) groups is 2. The first-order chi connectivity index (χ1) is 10.8. The van der Waals surface area contributed by atoms with E-state index in [1.807, 2.05) is 0 Å². The van der Waals surface area contributed by atoms with Crippen LogP contribution in [0, 0.1) is 6.92 Å². The molecule has 2 aromatic rings. The molecule has 0 bridgehead atoms. The Morgan fingerprint density at radius 1 is 1.26 bits per heavy atom. The summed E-state index contributed by atoms with van der Waals surface area (Å²) in [5, 5.41) is 23.4. The second kappa shape index (κ2) is 5.37. The predicted molar refractivity (Wildman–Crippen MR) is 85.8 cm³/mol. The Bertz CT molecular complexity index is 833. The number of aromatic hydroxyl groups is 1. The van der Waals surface area contributed by atoms with Crippen LogP contribution in [0.1, 0.15) is 27.9 Å². The molecule has 0 radical (unpaired) electrons. The van der Waals surface area contributed by atoms with E-state index in [2.05, 4.69) is 5.32 Å². The lowest BCUT2D eigenvalue weighted by Gasteiger charge is -2.21. The van der Waals surface area contributed by atoms with Gasteiger partial charge in [0.15, 0.2) is 11.4 Å². The van der Waals surface area contributed by atoms with Crippen LogP contribution in [-0.4, -0.2) is 21.9 Å². The average Bonchev–Trinajstić information content (AvgIpc) is 2.76. The van der Waals surface area contributed by atoms with E-state index in [1.165, 1.54) is 12.1 Å². The maximum atomic E-state index is 12.4. The van der Waals surface area contributed by atoms with Crippen molar-refractivity contribution in [3.05, 3.63) is 58.1 Å². The normalized spacial score (nSPS) is 19.3. The van der Waals surface area contributed by atoms with Gasteiger partial charge in [0.1, 0.15) is 5.75 Å². The third-order valence-electron chi connectivity index (χ3n) is 4.01. The Morgan fingerprint density at radius 2 is 1.96 bits per heavy atom. The van der Waals surface area contributed by atoms with Crippen LogP contribution >= 0.6 is 11.6 Å². The number of aliphatic hydroxyl groups is 1. The molecule has 3 N–H and O–H groups in total. The van der Waals surface area contributed by atoms with E-state index >= 15 is 0 Å². The van der Waals surface area contributed by atoms with Crippen LogP contribution in [0.5, 0.6) is 5.75 Å². The molecule has 1 amide bonds. The second-order valence-electron chi connectivity index (χ2n) is 5.55. The first-order valence-electron chi connectivity index (χ1n) is 6.99. The number of amides is 1. The van der Waals surface area contributed by atoms with Crippen molar-refractivity contribution in [1.29, 1.82) is 0 Å². The summed E-state index contributed by atoms with van der Waals surface area (Å²) in [7, 11) is 0. The summed E-state index contributed by atoms with van der Waals surface area (Å²) in [5.74, 6) is -1.45. The van der Waals surface area contributed by atoms with Crippen LogP contribution in [-0.2, 0) is 10.4 Å². The largest absolute Gasteiger partial charge is 0.507 e. The van der Waals surface area contributed by atoms with Crippen molar-refractivity contribution in [3.63, 3.8) is 0 Å². The number of rotatable bonds is 3. The zero-order valence-electron chi connectivity index (χ0n) is 12.3. The molecule has 6 heteroatoms. The monoisotopic (exact) mass is 331 g/mol. The molecule has 1 heterocycles. The number of hydrogen-bond acceptors (Lipinski definition) is 4. The van der Waals surface area contributed by atoms with Crippen LogP contribution < -0.4 is 5.32 Å². The van der Waals surface area contributed by atoms with Crippen LogP contribution in [0.2, 0.25) is 5.02 Å². The summed E-state index contributed by atoms with van der Waals surface area (Å²) < 4.78 is 0. The molecule has 0 aliphatic carbocycles. The minimum atomic E-state index is -2.06. The van der Waals surface area contributed by atoms with E-state index in [4.69, 9.17) is 11.6 Å². The number of aryl methyl sites for hydroxylation is 1. The zero-order valence-corrected chi connectivity index (χ0v) is 13.0. The van der Waals surface area contributed by atoms with Gasteiger partial charge in [-0.15, -0.1) is 0 Å². The average molecular weight is 332 g/mol. The minimum Gasteiger partial charge on any atom is -0.507 e. The Balaban J connectivity index is 2.04. The molecule has 0 aromatic heterocycles. The fourth-order valence-corrected chi connectivity index (χ4v) is 3.10. The summed E-state index contributed by atoms with van der Waals surface area (Å²) in [5.41, 5.74) is -0.643. The highest BCUT2D eigenvalue weighted by Crippen LogP contribution is 2.45. The van der Waals surface area contributed by atoms with Gasteiger partial charge < -0.3 is 15.5 Å². The quantitative estimate of drug-likeness (QED) is 0.755. The van der Waals surface area contributed by atoms with Crippen molar-refractivity contribution < 1.29 is 19.8 Å². The van der Waals surface area contributed by atoms with Gasteiger partial charge in [0, 0.05) is 10.6 Å². The van der Waals surface area contributed by atoms with Gasteiger partial charge in [0.05, 0.1) is 17.7 Å². The summed E-state index contributed by atoms with van der Waals surface area (Å²) in [6.45, 7) is 1.77. The first kappa shape index (κ1) is 15.5. The second-order valence-corrected chi connectivity index (χ2v) is 5.95. The lowest BCUT2D eigenvalue weighted by atomic mass is 9.87. The number of phenols is 1. The highest BCUT2D eigenvalue weighted by Gasteiger charge is 2.49. The zero-order chi connectivity index (χ0) is 16.8. The van der Waals surface area contributed by atoms with E-state index in [9.17, 15) is 19.8 Å². The van der Waals surface area contributed by atoms with E-state index < -0.39 is 23.7 Å². The highest BCUT2D eigenvalue weighted by molar-refractivity contribution is 6.33. The highest BCUT2D eigenvalue weighted by atomic mass is 35.5. The number of fused-ring (bicyclic) bond motifs is 1. The predicted octanol–water partition coefficient (Wildman–Crippen LogP) is 2.77. The number of phenolic OH excluding ortho intramolecular Hbond substituents is 1. The molecule has 3 rings (SSSR count). The van der Waals surface area contributed by atoms with E-state index in [-0.39, 0.29) is 21.9 Å². The van der Waals surface area contributed by atoms with Crippen molar-refractivity contribution in [2.45, 2.75) is 18.9 Å². The summed E-state index contributed by atoms with van der Waals surface area (Å²) in [4.78, 5) is 24.7. The van der Waals surface area contributed by atoms with Gasteiger partial charge in [-0.25, -0.2) is 0 Å². The Hall–Kier alpha value is -2.37. The number of carbonyl (C=O) groups excluding carboxylic acids is 2. The van der Waals surface area contributed by atoms with Gasteiger partial charge in [-0.05, 0) is 30.7 Å². The van der Waals surface area contributed by atoms with Crippen LogP contribution in [0.25, 0.3) is 0 Å². The number of Topliss-reactive ketones (excluding diaryl/α,β-unsaturated/α-hetero) is 1. The van der Waals surface area contributed by atoms with Crippen molar-refractivity contribution in [2.75, 3.05) is 5.32 Å². The van der Waals surface area contributed by atoms with Crippen LogP contribution in [0.3, 0.4) is 0 Å². The summed E-state index contributed by atoms with van der Waals surface area (Å²) in [6.07, 6.45) is -0.507. The smallest absolute Gasteiger partial charge is 0.261 e. The maximum absolute atomic E-state index is 12.4. The number of para-hydroxylation sites is 1. The van der Waals surface area contributed by atoms with Gasteiger partial charge in [-0.1, -0.05) is 29.8 Å². The fourth-order valence-electron chi connectivity index (χ4n) is 2.78. The van der Waals surface area contributed by atoms with Gasteiger partial charge in [0.2, 0.25) is 0 Å². The number of anilines is 1. The third kappa shape index (κ3) is 2.38. The molecule has 0 unspecified atom stereocenters. The molecule has 5 nitrogen and oxygen atoms in total. The number of benzene rings is 2. The molecule has 0 spiro atoms. The molecular formula is C17H14ClNO4. The molecule has 0 fully saturated rings. The van der Waals surface area contributed by atoms with E-state index in [0.717, 1.165) is 5.56 Å². The van der Waals surface area contributed by atoms with Crippen molar-refractivity contribution in [3.8, 4) is 5.75 Å². The topological polar surface area (TPSA) is 86.6 Å². The standard InChI is InChI=1S/C17H14ClNO4/c1-9-6-7-11(18)14-15(9)19-16(22)17(14,23)8-13(21)10-4-2-3-5-12(10)20/h2-7,20,23H,8H2,1H3,(H,19,22)/t17-/m1/s1. The van der Waals surface area contributed by atoms with Gasteiger partial charge >= 0.3 is 0 Å². The van der Waals surface area contributed by atoms with Gasteiger partial charge in [-0.2, -0.15) is 0 Å². The number of nitrogens with one attached hydrogen (secondary N) is 1. The molecule has 0 saturated carbocycles. The Morgan fingerprint density at radius 3 is 2.65 bits per heavy atom. The summed E-state index contributed by atoms with van der Waals surface area (Å²) >= 11 is 6.14. The third-order valence-corrected chi connectivity index (χ3v) is 4.33. The van der Waals surface area contributed by atoms with E-state index in [1.54, 1.807) is 31.2 Å². The first-order valence-corrected chi connectivity index (χ1v) is 7.37. The molecule has 23 heavy (non-hydrogen) atoms. The Labute approximate surface area is 137 Å². The van der Waals surface area contributed by atoms with Crippen molar-refractivity contribution >= 4 is 29.0 Å². The molecule has 118 valence electrons. The molecule has 1 aliphatic heterocycles. The van der Waals surface area contributed by atoms with Crippen LogP contribution in [0.4, 0.5) is 5.69 Å².